The molecule has 0 radical (unpaired) electrons. The molecule has 186 valence electrons. The predicted octanol–water partition coefficient (Wildman–Crippen LogP) is 9.49. The van der Waals surface area contributed by atoms with Gasteiger partial charge in [0.05, 0.1) is 6.54 Å². The summed E-state index contributed by atoms with van der Waals surface area (Å²) in [4.78, 5) is 0. The Morgan fingerprint density at radius 1 is 0.486 bits per heavy atom. The van der Waals surface area contributed by atoms with Crippen LogP contribution in [0.4, 0.5) is 0 Å². The molecule has 0 fully saturated rings. The number of rotatable bonds is 17. The molecule has 1 heteroatoms. The molecule has 0 aliphatic heterocycles. The molecule has 0 unspecified atom stereocenters. The van der Waals surface area contributed by atoms with Gasteiger partial charge in [-0.2, -0.15) is 0 Å². The first-order chi connectivity index (χ1) is 17.3. The van der Waals surface area contributed by atoms with E-state index in [-0.39, 0.29) is 0 Å². The predicted molar refractivity (Wildman–Crippen MR) is 152 cm³/mol. The third kappa shape index (κ3) is 10.7. The molecule has 0 heterocycles. The van der Waals surface area contributed by atoms with Gasteiger partial charge in [0.1, 0.15) is 19.6 Å². The Hall–Kier alpha value is -2.64. The quantitative estimate of drug-likeness (QED) is 0.105. The molecule has 0 aliphatic rings. The molecule has 0 bridgehead atoms. The van der Waals surface area contributed by atoms with Crippen molar-refractivity contribution in [1.82, 2.24) is 0 Å². The van der Waals surface area contributed by atoms with Gasteiger partial charge < -0.3 is 4.48 Å². The summed E-state index contributed by atoms with van der Waals surface area (Å²) in [6.45, 7) is 6.45. The second-order valence-corrected chi connectivity index (χ2v) is 10.2. The van der Waals surface area contributed by atoms with E-state index in [1.165, 1.54) is 74.5 Å². The van der Waals surface area contributed by atoms with Crippen LogP contribution in [-0.2, 0) is 19.6 Å². The summed E-state index contributed by atoms with van der Waals surface area (Å²) in [6.07, 6.45) is 17.2. The maximum atomic E-state index is 2.47. The van der Waals surface area contributed by atoms with Crippen molar-refractivity contribution in [1.29, 1.82) is 0 Å². The highest BCUT2D eigenvalue weighted by Crippen LogP contribution is 2.24. The van der Waals surface area contributed by atoms with Crippen molar-refractivity contribution < 1.29 is 4.48 Å². The third-order valence-electron chi connectivity index (χ3n) is 6.97. The summed E-state index contributed by atoms with van der Waals surface area (Å²) in [5.74, 6) is 0. The minimum absolute atomic E-state index is 1.01. The highest BCUT2D eigenvalue weighted by atomic mass is 15.3. The number of benzene rings is 3. The van der Waals surface area contributed by atoms with Crippen molar-refractivity contribution in [2.75, 3.05) is 6.54 Å². The Balaban J connectivity index is 1.66. The smallest absolute Gasteiger partial charge is 0.105 e. The zero-order valence-corrected chi connectivity index (χ0v) is 22.0. The van der Waals surface area contributed by atoms with Crippen molar-refractivity contribution in [2.24, 2.45) is 0 Å². The van der Waals surface area contributed by atoms with Crippen LogP contribution in [0.2, 0.25) is 0 Å². The zero-order valence-electron chi connectivity index (χ0n) is 22.0. The molecule has 0 aliphatic carbocycles. The van der Waals surface area contributed by atoms with Crippen LogP contribution in [0.25, 0.3) is 0 Å². The molecular formula is C34H46N+. The number of unbranched alkanes of at least 4 members (excludes halogenated alkanes) is 8. The Morgan fingerprint density at radius 2 is 0.886 bits per heavy atom. The molecule has 0 N–H and O–H groups in total. The van der Waals surface area contributed by atoms with E-state index in [1.54, 1.807) is 0 Å². The fraction of sp³-hybridized carbons (Fsp3) is 0.412. The van der Waals surface area contributed by atoms with E-state index < -0.39 is 0 Å². The average molecular weight is 469 g/mol. The lowest BCUT2D eigenvalue weighted by molar-refractivity contribution is -0.961. The maximum absolute atomic E-state index is 2.47. The summed E-state index contributed by atoms with van der Waals surface area (Å²) in [7, 11) is 0. The summed E-state index contributed by atoms with van der Waals surface area (Å²) in [6, 6.07) is 33.1. The van der Waals surface area contributed by atoms with Gasteiger partial charge in [0.15, 0.2) is 0 Å². The van der Waals surface area contributed by atoms with Gasteiger partial charge in [0.2, 0.25) is 0 Å². The molecule has 1 nitrogen and oxygen atoms in total. The molecule has 0 aromatic heterocycles. The van der Waals surface area contributed by atoms with Crippen LogP contribution in [0, 0.1) is 0 Å². The molecule has 0 saturated carbocycles. The average Bonchev–Trinajstić information content (AvgIpc) is 2.89. The molecule has 3 aromatic rings. The number of quaternary nitrogens is 1. The standard InChI is InChI=1S/C34H46N/c1-2-3-4-5-6-7-8-9-10-11-21-28-35(29-32-22-15-12-16-23-32,30-33-24-17-13-18-25-33)31-34-26-19-14-20-27-34/h11-27H,2-10,28-31H2,1H3/q+1/b21-11+. The van der Waals surface area contributed by atoms with E-state index in [2.05, 4.69) is 110 Å². The van der Waals surface area contributed by atoms with Gasteiger partial charge in [-0.15, -0.1) is 0 Å². The van der Waals surface area contributed by atoms with E-state index in [4.69, 9.17) is 0 Å². The molecule has 35 heavy (non-hydrogen) atoms. The minimum Gasteiger partial charge on any atom is -0.309 e. The van der Waals surface area contributed by atoms with Gasteiger partial charge in [-0.1, -0.05) is 149 Å². The highest BCUT2D eigenvalue weighted by molar-refractivity contribution is 5.17. The summed E-state index contributed by atoms with van der Waals surface area (Å²) < 4.78 is 1.01. The summed E-state index contributed by atoms with van der Waals surface area (Å²) >= 11 is 0. The number of allylic oxidation sites excluding steroid dienone is 1. The monoisotopic (exact) mass is 468 g/mol. The Kier molecular flexibility index (Phi) is 12.4. The number of hydrogen-bond donors (Lipinski definition) is 0. The molecule has 0 saturated heterocycles. The first kappa shape index (κ1) is 27.0. The molecular weight excluding hydrogens is 422 g/mol. The van der Waals surface area contributed by atoms with E-state index in [0.29, 0.717) is 0 Å². The van der Waals surface area contributed by atoms with E-state index in [0.717, 1.165) is 30.7 Å². The topological polar surface area (TPSA) is 0 Å². The molecule has 0 amide bonds. The molecule has 0 spiro atoms. The lowest BCUT2D eigenvalue weighted by Crippen LogP contribution is -2.46. The third-order valence-corrected chi connectivity index (χ3v) is 6.97. The van der Waals surface area contributed by atoms with Crippen LogP contribution in [0.15, 0.2) is 103 Å². The van der Waals surface area contributed by atoms with Crippen LogP contribution in [0.3, 0.4) is 0 Å². The van der Waals surface area contributed by atoms with Gasteiger partial charge in [0, 0.05) is 16.7 Å². The second-order valence-electron chi connectivity index (χ2n) is 10.2. The second kappa shape index (κ2) is 16.1. The van der Waals surface area contributed by atoms with Crippen LogP contribution in [0.1, 0.15) is 81.4 Å². The van der Waals surface area contributed by atoms with Crippen LogP contribution in [0.5, 0.6) is 0 Å². The minimum atomic E-state index is 1.01. The molecule has 3 rings (SSSR count). The first-order valence-electron chi connectivity index (χ1n) is 13.9. The maximum Gasteiger partial charge on any atom is 0.105 e. The van der Waals surface area contributed by atoms with Crippen LogP contribution < -0.4 is 0 Å². The van der Waals surface area contributed by atoms with Crippen molar-refractivity contribution in [3.8, 4) is 0 Å². The van der Waals surface area contributed by atoms with E-state index in [1.807, 2.05) is 0 Å². The SMILES string of the molecule is CCCCCCCCCC/C=C/C[N+](Cc1ccccc1)(Cc1ccccc1)Cc1ccccc1. The summed E-state index contributed by atoms with van der Waals surface area (Å²) in [5, 5.41) is 0. The number of nitrogens with zero attached hydrogens (tertiary/aromatic N) is 1. The largest absolute Gasteiger partial charge is 0.309 e. The van der Waals surface area contributed by atoms with Crippen molar-refractivity contribution in [3.63, 3.8) is 0 Å². The zero-order chi connectivity index (χ0) is 24.4. The van der Waals surface area contributed by atoms with Crippen molar-refractivity contribution in [3.05, 3.63) is 120 Å². The fourth-order valence-electron chi connectivity index (χ4n) is 5.09. The van der Waals surface area contributed by atoms with E-state index >= 15 is 0 Å². The van der Waals surface area contributed by atoms with Gasteiger partial charge in [-0.25, -0.2) is 0 Å². The van der Waals surface area contributed by atoms with Crippen molar-refractivity contribution in [2.45, 2.75) is 84.3 Å². The fourth-order valence-corrected chi connectivity index (χ4v) is 5.09. The number of hydrogen-bond acceptors (Lipinski definition) is 0. The summed E-state index contributed by atoms with van der Waals surface area (Å²) in [5.41, 5.74) is 4.24. The van der Waals surface area contributed by atoms with Gasteiger partial charge in [-0.3, -0.25) is 0 Å². The Bertz CT molecular complexity index is 829. The van der Waals surface area contributed by atoms with Crippen LogP contribution in [-0.4, -0.2) is 11.0 Å². The van der Waals surface area contributed by atoms with Gasteiger partial charge in [-0.05, 0) is 18.9 Å². The lowest BCUT2D eigenvalue weighted by Gasteiger charge is -2.38. The highest BCUT2D eigenvalue weighted by Gasteiger charge is 2.27. The first-order valence-corrected chi connectivity index (χ1v) is 13.9. The van der Waals surface area contributed by atoms with Crippen molar-refractivity contribution >= 4 is 0 Å². The van der Waals surface area contributed by atoms with E-state index in [9.17, 15) is 0 Å². The van der Waals surface area contributed by atoms with Crippen LogP contribution >= 0.6 is 0 Å². The lowest BCUT2D eigenvalue weighted by atomic mass is 10.1. The molecule has 3 aromatic carbocycles. The normalized spacial score (nSPS) is 11.8. The Morgan fingerprint density at radius 3 is 1.31 bits per heavy atom. The van der Waals surface area contributed by atoms with Gasteiger partial charge in [0.25, 0.3) is 0 Å². The Labute approximate surface area is 215 Å². The molecule has 0 atom stereocenters. The van der Waals surface area contributed by atoms with Gasteiger partial charge >= 0.3 is 0 Å².